The van der Waals surface area contributed by atoms with E-state index < -0.39 is 12.2 Å². The Morgan fingerprint density at radius 3 is 2.53 bits per heavy atom. The molecule has 6 heteroatoms. The van der Waals surface area contributed by atoms with Gasteiger partial charge in [-0.3, -0.25) is 0 Å². The molecule has 3 nitrogen and oxygen atoms in total. The maximum absolute atomic E-state index is 12.3. The molecule has 0 amide bonds. The minimum Gasteiger partial charge on any atom is -0.497 e. The second-order valence-corrected chi connectivity index (χ2v) is 2.83. The number of methoxy groups -OCH3 is 1. The summed E-state index contributed by atoms with van der Waals surface area (Å²) in [5.74, 6) is 0.255. The average Bonchev–Trinajstić information content (AvgIpc) is 2.17. The summed E-state index contributed by atoms with van der Waals surface area (Å²) in [7, 11) is 1.33. The van der Waals surface area contributed by atoms with Gasteiger partial charge in [-0.05, 0) is 17.7 Å². The third-order valence-electron chi connectivity index (χ3n) is 1.82. The van der Waals surface area contributed by atoms with E-state index in [-0.39, 0.29) is 11.3 Å². The van der Waals surface area contributed by atoms with Crippen LogP contribution in [0.2, 0.25) is 0 Å². The third-order valence-corrected chi connectivity index (χ3v) is 1.82. The first-order valence-corrected chi connectivity index (χ1v) is 4.02. The van der Waals surface area contributed by atoms with Gasteiger partial charge < -0.3 is 4.74 Å². The van der Waals surface area contributed by atoms with Gasteiger partial charge in [-0.25, -0.2) is 0 Å². The molecule has 1 unspecified atom stereocenters. The normalized spacial score (nSPS) is 13.3. The van der Waals surface area contributed by atoms with Gasteiger partial charge in [0, 0.05) is 0 Å². The van der Waals surface area contributed by atoms with Crippen LogP contribution < -0.4 is 4.74 Å². The van der Waals surface area contributed by atoms with Crippen LogP contribution in [-0.2, 0) is 0 Å². The van der Waals surface area contributed by atoms with Gasteiger partial charge in [-0.1, -0.05) is 17.3 Å². The minimum atomic E-state index is -4.67. The lowest BCUT2D eigenvalue weighted by atomic mass is 10.1. The number of halogens is 3. The molecule has 0 N–H and O–H groups in total. The molecule has 1 rings (SSSR count). The predicted octanol–water partition coefficient (Wildman–Crippen LogP) is 3.07. The van der Waals surface area contributed by atoms with E-state index in [9.17, 15) is 18.1 Å². The van der Waals surface area contributed by atoms with Gasteiger partial charge in [0.2, 0.25) is 6.04 Å². The van der Waals surface area contributed by atoms with E-state index in [2.05, 4.69) is 5.18 Å². The summed E-state index contributed by atoms with van der Waals surface area (Å²) in [6.07, 6.45) is -4.67. The number of alkyl halides is 3. The van der Waals surface area contributed by atoms with E-state index >= 15 is 0 Å². The van der Waals surface area contributed by atoms with Crippen molar-refractivity contribution in [2.45, 2.75) is 12.2 Å². The fourth-order valence-electron chi connectivity index (χ4n) is 1.12. The van der Waals surface area contributed by atoms with Gasteiger partial charge in [-0.2, -0.15) is 13.2 Å². The Morgan fingerprint density at radius 1 is 1.40 bits per heavy atom. The summed E-state index contributed by atoms with van der Waals surface area (Å²) in [5, 5.41) is 2.07. The highest BCUT2D eigenvalue weighted by Crippen LogP contribution is 2.36. The molecule has 0 fully saturated rings. The van der Waals surface area contributed by atoms with Crippen LogP contribution in [-0.4, -0.2) is 13.3 Å². The molecule has 1 aromatic carbocycles. The van der Waals surface area contributed by atoms with E-state index in [0.29, 0.717) is 0 Å². The second kappa shape index (κ2) is 4.29. The minimum absolute atomic E-state index is 0.225. The van der Waals surface area contributed by atoms with Crippen molar-refractivity contribution in [2.75, 3.05) is 7.11 Å². The average molecular weight is 219 g/mol. The Balaban J connectivity index is 3.07. The first kappa shape index (κ1) is 11.5. The summed E-state index contributed by atoms with van der Waals surface area (Å²) in [6, 6.07) is 2.84. The van der Waals surface area contributed by atoms with Crippen LogP contribution in [0.3, 0.4) is 0 Å². The number of nitrogens with zero attached hydrogens (tertiary/aromatic N) is 1. The maximum atomic E-state index is 12.3. The van der Waals surface area contributed by atoms with Crippen molar-refractivity contribution < 1.29 is 17.9 Å². The zero-order valence-corrected chi connectivity index (χ0v) is 7.78. The number of nitroso groups, excluding NO2 is 1. The highest BCUT2D eigenvalue weighted by atomic mass is 19.4. The number of benzene rings is 1. The number of ether oxygens (including phenoxy) is 1. The third kappa shape index (κ3) is 2.68. The Kier molecular flexibility index (Phi) is 3.28. The summed E-state index contributed by atoms with van der Waals surface area (Å²) in [4.78, 5) is 10.1. The SMILES string of the molecule is COc1cccc(C(N=O)C(F)(F)F)c1. The molecule has 0 aliphatic rings. The van der Waals surface area contributed by atoms with E-state index in [1.807, 2.05) is 0 Å². The van der Waals surface area contributed by atoms with Crippen molar-refractivity contribution in [3.05, 3.63) is 34.7 Å². The molecule has 1 atom stereocenters. The molecule has 15 heavy (non-hydrogen) atoms. The lowest BCUT2D eigenvalue weighted by Gasteiger charge is -2.13. The lowest BCUT2D eigenvalue weighted by Crippen LogP contribution is -2.18. The summed E-state index contributed by atoms with van der Waals surface area (Å²) in [6.45, 7) is 0. The van der Waals surface area contributed by atoms with Crippen LogP contribution in [0.4, 0.5) is 13.2 Å². The summed E-state index contributed by atoms with van der Waals surface area (Å²) >= 11 is 0. The van der Waals surface area contributed by atoms with Crippen LogP contribution in [0.15, 0.2) is 29.4 Å². The molecule has 1 aromatic rings. The lowest BCUT2D eigenvalue weighted by molar-refractivity contribution is -0.148. The Bertz CT molecular complexity index is 351. The summed E-state index contributed by atoms with van der Waals surface area (Å²) in [5.41, 5.74) is -0.225. The van der Waals surface area contributed by atoms with Gasteiger partial charge >= 0.3 is 6.18 Å². The monoisotopic (exact) mass is 219 g/mol. The molecule has 0 saturated carbocycles. The number of hydrogen-bond acceptors (Lipinski definition) is 3. The quantitative estimate of drug-likeness (QED) is 0.733. The topological polar surface area (TPSA) is 38.7 Å². The smallest absolute Gasteiger partial charge is 0.418 e. The van der Waals surface area contributed by atoms with Crippen molar-refractivity contribution in [1.29, 1.82) is 0 Å². The van der Waals surface area contributed by atoms with Crippen molar-refractivity contribution in [3.8, 4) is 5.75 Å². The van der Waals surface area contributed by atoms with E-state index in [4.69, 9.17) is 4.74 Å². The molecular formula is C9H8F3NO2. The standard InChI is InChI=1S/C9H8F3NO2/c1-15-7-4-2-3-6(5-7)8(13-14)9(10,11)12/h2-5,8H,1H3. The zero-order chi connectivity index (χ0) is 11.5. The van der Waals surface area contributed by atoms with Gasteiger partial charge in [0.25, 0.3) is 0 Å². The number of hydrogen-bond donors (Lipinski definition) is 0. The molecule has 0 aromatic heterocycles. The largest absolute Gasteiger partial charge is 0.497 e. The van der Waals surface area contributed by atoms with Crippen molar-refractivity contribution in [2.24, 2.45) is 5.18 Å². The molecule has 0 radical (unpaired) electrons. The van der Waals surface area contributed by atoms with Crippen molar-refractivity contribution in [1.82, 2.24) is 0 Å². The molecule has 0 spiro atoms. The van der Waals surface area contributed by atoms with Gasteiger partial charge in [0.05, 0.1) is 7.11 Å². The Labute approximate surface area is 83.8 Å². The molecular weight excluding hydrogens is 211 g/mol. The van der Waals surface area contributed by atoms with Crippen LogP contribution in [0.5, 0.6) is 5.75 Å². The van der Waals surface area contributed by atoms with Crippen molar-refractivity contribution >= 4 is 0 Å². The van der Waals surface area contributed by atoms with Crippen LogP contribution >= 0.6 is 0 Å². The molecule has 0 aliphatic carbocycles. The molecule has 0 bridgehead atoms. The van der Waals surface area contributed by atoms with E-state index in [1.54, 1.807) is 0 Å². The highest BCUT2D eigenvalue weighted by Gasteiger charge is 2.42. The maximum Gasteiger partial charge on any atom is 0.418 e. The first-order chi connectivity index (χ1) is 6.99. The fraction of sp³-hybridized carbons (Fsp3) is 0.333. The van der Waals surface area contributed by atoms with E-state index in [0.717, 1.165) is 6.07 Å². The summed E-state index contributed by atoms with van der Waals surface area (Å²) < 4.78 is 41.7. The molecule has 0 aliphatic heterocycles. The van der Waals surface area contributed by atoms with E-state index in [1.165, 1.54) is 25.3 Å². The number of rotatable bonds is 3. The zero-order valence-electron chi connectivity index (χ0n) is 7.78. The van der Waals surface area contributed by atoms with Crippen LogP contribution in [0.25, 0.3) is 0 Å². The van der Waals surface area contributed by atoms with Gasteiger partial charge in [0.15, 0.2) is 0 Å². The van der Waals surface area contributed by atoms with Gasteiger partial charge in [-0.15, -0.1) is 4.91 Å². The molecule has 0 heterocycles. The Hall–Kier alpha value is -1.59. The van der Waals surface area contributed by atoms with Crippen LogP contribution in [0, 0.1) is 4.91 Å². The van der Waals surface area contributed by atoms with Gasteiger partial charge in [0.1, 0.15) is 5.75 Å². The second-order valence-electron chi connectivity index (χ2n) is 2.83. The fourth-order valence-corrected chi connectivity index (χ4v) is 1.12. The Morgan fingerprint density at radius 2 is 2.07 bits per heavy atom. The first-order valence-electron chi connectivity index (χ1n) is 4.02. The highest BCUT2D eigenvalue weighted by molar-refractivity contribution is 5.31. The van der Waals surface area contributed by atoms with Crippen LogP contribution in [0.1, 0.15) is 11.6 Å². The van der Waals surface area contributed by atoms with Crippen molar-refractivity contribution in [3.63, 3.8) is 0 Å². The molecule has 82 valence electrons. The predicted molar refractivity (Wildman–Crippen MR) is 47.6 cm³/mol. The molecule has 0 saturated heterocycles.